The van der Waals surface area contributed by atoms with E-state index in [1.54, 1.807) is 0 Å². The highest BCUT2D eigenvalue weighted by Gasteiger charge is 2.54. The van der Waals surface area contributed by atoms with Crippen LogP contribution in [0.25, 0.3) is 0 Å². The second-order valence-electron chi connectivity index (χ2n) is 6.51. The molecule has 0 aromatic heterocycles. The van der Waals surface area contributed by atoms with Crippen LogP contribution in [-0.4, -0.2) is 35.8 Å². The Bertz CT molecular complexity index is 619. The molecule has 0 radical (unpaired) electrons. The van der Waals surface area contributed by atoms with Crippen LogP contribution in [0, 0.1) is 5.92 Å². The highest BCUT2D eigenvalue weighted by molar-refractivity contribution is 6.42. The molecule has 3 aliphatic rings. The van der Waals surface area contributed by atoms with Crippen LogP contribution in [0.5, 0.6) is 0 Å². The zero-order valence-electron chi connectivity index (χ0n) is 12.6. The zero-order chi connectivity index (χ0) is 15.3. The Hall–Kier alpha value is -0.770. The number of nitrogens with zero attached hydrogens (tertiary/aromatic N) is 2. The van der Waals surface area contributed by atoms with Crippen LogP contribution in [0.3, 0.4) is 0 Å². The van der Waals surface area contributed by atoms with Crippen LogP contribution in [-0.2, 0) is 4.84 Å². The molecule has 0 amide bonds. The topological polar surface area (TPSA) is 24.8 Å². The second kappa shape index (κ2) is 5.70. The van der Waals surface area contributed by atoms with E-state index in [1.807, 2.05) is 19.1 Å². The molecule has 0 aliphatic carbocycles. The molecule has 22 heavy (non-hydrogen) atoms. The van der Waals surface area contributed by atoms with Gasteiger partial charge in [0, 0.05) is 24.5 Å². The van der Waals surface area contributed by atoms with Gasteiger partial charge < -0.3 is 4.84 Å². The van der Waals surface area contributed by atoms with Crippen molar-refractivity contribution in [2.24, 2.45) is 11.1 Å². The molecule has 3 heterocycles. The van der Waals surface area contributed by atoms with E-state index in [9.17, 15) is 0 Å². The summed E-state index contributed by atoms with van der Waals surface area (Å²) < 4.78 is 0. The van der Waals surface area contributed by atoms with Crippen molar-refractivity contribution < 1.29 is 4.84 Å². The summed E-state index contributed by atoms with van der Waals surface area (Å²) in [5, 5.41) is 5.71. The Kier molecular flexibility index (Phi) is 3.83. The lowest BCUT2D eigenvalue weighted by Crippen LogP contribution is -2.40. The Labute approximate surface area is 141 Å². The molecular formula is C17H20Cl2N2O. The molecule has 1 unspecified atom stereocenters. The standard InChI is InChI=1S/C17H20Cl2N2O/c1-2-22-20-15-9-21-11-4-6-16(21)17(15)12(8-11)10-3-5-13(18)14(19)7-10/h3,5,7,11-12,16-17H,2,4,6,8-9H2,1H3/b20-15+/t11-,12+,16+,17+/m0/s1. The molecule has 118 valence electrons. The molecule has 3 nitrogen and oxygen atoms in total. The second-order valence-corrected chi connectivity index (χ2v) is 7.33. The van der Waals surface area contributed by atoms with Gasteiger partial charge in [-0.2, -0.15) is 0 Å². The molecule has 4 rings (SSSR count). The van der Waals surface area contributed by atoms with E-state index >= 15 is 0 Å². The van der Waals surface area contributed by atoms with Crippen molar-refractivity contribution in [3.8, 4) is 0 Å². The summed E-state index contributed by atoms with van der Waals surface area (Å²) in [6, 6.07) is 7.39. The number of benzene rings is 1. The molecule has 1 aromatic rings. The van der Waals surface area contributed by atoms with Gasteiger partial charge in [0.1, 0.15) is 6.61 Å². The monoisotopic (exact) mass is 338 g/mol. The van der Waals surface area contributed by atoms with Crippen LogP contribution < -0.4 is 0 Å². The van der Waals surface area contributed by atoms with E-state index in [4.69, 9.17) is 28.0 Å². The molecule has 5 heteroatoms. The molecule has 0 N–H and O–H groups in total. The highest BCUT2D eigenvalue weighted by Crippen LogP contribution is 2.51. The molecule has 5 atom stereocenters. The minimum atomic E-state index is 0.461. The van der Waals surface area contributed by atoms with Crippen molar-refractivity contribution in [2.45, 2.75) is 44.2 Å². The van der Waals surface area contributed by atoms with Gasteiger partial charge in [0.2, 0.25) is 0 Å². The van der Waals surface area contributed by atoms with E-state index in [1.165, 1.54) is 30.5 Å². The molecular weight excluding hydrogens is 319 g/mol. The van der Waals surface area contributed by atoms with Crippen molar-refractivity contribution in [3.63, 3.8) is 0 Å². The predicted molar refractivity (Wildman–Crippen MR) is 89.9 cm³/mol. The maximum Gasteiger partial charge on any atom is 0.114 e. The first-order valence-electron chi connectivity index (χ1n) is 8.08. The summed E-state index contributed by atoms with van der Waals surface area (Å²) in [6.07, 6.45) is 3.77. The smallest absolute Gasteiger partial charge is 0.114 e. The normalized spacial score (nSPS) is 37.8. The minimum absolute atomic E-state index is 0.461. The summed E-state index contributed by atoms with van der Waals surface area (Å²) in [6.45, 7) is 3.58. The van der Waals surface area contributed by atoms with Gasteiger partial charge in [-0.05, 0) is 49.8 Å². The summed E-state index contributed by atoms with van der Waals surface area (Å²) in [7, 11) is 0. The lowest BCUT2D eigenvalue weighted by Gasteiger charge is -2.36. The summed E-state index contributed by atoms with van der Waals surface area (Å²) in [4.78, 5) is 8.01. The lowest BCUT2D eigenvalue weighted by molar-refractivity contribution is 0.151. The Morgan fingerprint density at radius 2 is 2.14 bits per heavy atom. The fourth-order valence-electron chi connectivity index (χ4n) is 4.63. The fraction of sp³-hybridized carbons (Fsp3) is 0.588. The highest BCUT2D eigenvalue weighted by atomic mass is 35.5. The number of rotatable bonds is 3. The third kappa shape index (κ3) is 2.26. The Morgan fingerprint density at radius 3 is 2.91 bits per heavy atom. The van der Waals surface area contributed by atoms with Crippen LogP contribution in [0.15, 0.2) is 23.4 Å². The molecule has 4 bridgehead atoms. The van der Waals surface area contributed by atoms with Crippen molar-refractivity contribution in [3.05, 3.63) is 33.8 Å². The van der Waals surface area contributed by atoms with Gasteiger partial charge in [-0.15, -0.1) is 0 Å². The Balaban J connectivity index is 1.71. The number of hydrogen-bond donors (Lipinski definition) is 0. The van der Waals surface area contributed by atoms with Crippen molar-refractivity contribution in [1.82, 2.24) is 4.90 Å². The summed E-state index contributed by atoms with van der Waals surface area (Å²) in [5.41, 5.74) is 2.51. The summed E-state index contributed by atoms with van der Waals surface area (Å²) >= 11 is 12.3. The van der Waals surface area contributed by atoms with Gasteiger partial charge in [0.25, 0.3) is 0 Å². The minimum Gasteiger partial charge on any atom is -0.396 e. The quantitative estimate of drug-likeness (QED) is 0.766. The van der Waals surface area contributed by atoms with Crippen molar-refractivity contribution in [2.75, 3.05) is 13.2 Å². The SMILES string of the molecule is CCO/N=C1\CN2[C@H]3CC[C@@H]2[C@@H]1[C@@H](c1ccc(Cl)c(Cl)c1)C3. The third-order valence-electron chi connectivity index (χ3n) is 5.48. The first kappa shape index (κ1) is 14.8. The number of piperidine rings is 1. The van der Waals surface area contributed by atoms with E-state index in [0.29, 0.717) is 40.6 Å². The molecule has 0 spiro atoms. The van der Waals surface area contributed by atoms with E-state index in [0.717, 1.165) is 6.54 Å². The predicted octanol–water partition coefficient (Wildman–Crippen LogP) is 4.34. The third-order valence-corrected chi connectivity index (χ3v) is 6.22. The average molecular weight is 339 g/mol. The van der Waals surface area contributed by atoms with Crippen molar-refractivity contribution >= 4 is 28.9 Å². The van der Waals surface area contributed by atoms with Crippen LogP contribution in [0.2, 0.25) is 10.0 Å². The van der Waals surface area contributed by atoms with Crippen LogP contribution in [0.4, 0.5) is 0 Å². The first-order chi connectivity index (χ1) is 10.7. The molecule has 3 fully saturated rings. The fourth-order valence-corrected chi connectivity index (χ4v) is 4.94. The molecule has 3 aliphatic heterocycles. The molecule has 0 saturated carbocycles. The van der Waals surface area contributed by atoms with E-state index < -0.39 is 0 Å². The van der Waals surface area contributed by atoms with Gasteiger partial charge in [0.05, 0.1) is 15.8 Å². The van der Waals surface area contributed by atoms with Gasteiger partial charge in [-0.1, -0.05) is 34.4 Å². The molecule has 1 aromatic carbocycles. The van der Waals surface area contributed by atoms with Gasteiger partial charge in [-0.25, -0.2) is 0 Å². The number of hydrogen-bond acceptors (Lipinski definition) is 3. The van der Waals surface area contributed by atoms with Gasteiger partial charge >= 0.3 is 0 Å². The van der Waals surface area contributed by atoms with Crippen LogP contribution >= 0.6 is 23.2 Å². The van der Waals surface area contributed by atoms with Gasteiger partial charge in [0.15, 0.2) is 0 Å². The maximum atomic E-state index is 6.25. The van der Waals surface area contributed by atoms with Gasteiger partial charge in [-0.3, -0.25) is 4.90 Å². The lowest BCUT2D eigenvalue weighted by atomic mass is 9.77. The van der Waals surface area contributed by atoms with Crippen molar-refractivity contribution in [1.29, 1.82) is 0 Å². The van der Waals surface area contributed by atoms with Crippen LogP contribution in [0.1, 0.15) is 37.7 Å². The number of oxime groups is 1. The maximum absolute atomic E-state index is 6.25. The summed E-state index contributed by atoms with van der Waals surface area (Å²) in [5.74, 6) is 0.938. The average Bonchev–Trinajstić information content (AvgIpc) is 2.93. The molecule has 3 saturated heterocycles. The Morgan fingerprint density at radius 1 is 1.27 bits per heavy atom. The largest absolute Gasteiger partial charge is 0.396 e. The zero-order valence-corrected chi connectivity index (χ0v) is 14.1. The van der Waals surface area contributed by atoms with E-state index in [-0.39, 0.29) is 0 Å². The van der Waals surface area contributed by atoms with E-state index in [2.05, 4.69) is 16.1 Å². The number of halogens is 2. The first-order valence-corrected chi connectivity index (χ1v) is 8.84.